The summed E-state index contributed by atoms with van der Waals surface area (Å²) in [6.07, 6.45) is -2.02. The highest BCUT2D eigenvalue weighted by atomic mass is 16.6. The van der Waals surface area contributed by atoms with Gasteiger partial charge in [-0.3, -0.25) is 0 Å². The first-order valence-corrected chi connectivity index (χ1v) is 4.20. The van der Waals surface area contributed by atoms with E-state index in [9.17, 15) is 10.2 Å². The molecule has 1 aliphatic heterocycles. The maximum Gasteiger partial charge on any atom is 0.160 e. The van der Waals surface area contributed by atoms with Crippen molar-refractivity contribution in [3.05, 3.63) is 0 Å². The van der Waals surface area contributed by atoms with Crippen LogP contribution in [0.15, 0.2) is 0 Å². The van der Waals surface area contributed by atoms with E-state index in [1.807, 2.05) is 0 Å². The summed E-state index contributed by atoms with van der Waals surface area (Å²) in [6, 6.07) is 0. The van der Waals surface area contributed by atoms with Crippen LogP contribution in [0.25, 0.3) is 0 Å². The molecule has 1 rings (SSSR count). The Morgan fingerprint density at radius 1 is 1.17 bits per heavy atom. The van der Waals surface area contributed by atoms with Crippen LogP contribution in [-0.4, -0.2) is 40.4 Å². The normalized spacial score (nSPS) is 49.2. The van der Waals surface area contributed by atoms with Crippen LogP contribution in [0.4, 0.5) is 0 Å². The lowest BCUT2D eigenvalue weighted by atomic mass is 9.86. The van der Waals surface area contributed by atoms with Gasteiger partial charge in [-0.1, -0.05) is 13.8 Å². The van der Waals surface area contributed by atoms with Crippen molar-refractivity contribution in [2.24, 2.45) is 11.8 Å². The van der Waals surface area contributed by atoms with Crippen molar-refractivity contribution in [3.8, 4) is 0 Å². The van der Waals surface area contributed by atoms with Gasteiger partial charge in [-0.25, -0.2) is 0 Å². The van der Waals surface area contributed by atoms with Gasteiger partial charge in [-0.05, 0) is 0 Å². The average Bonchev–Trinajstić information content (AvgIpc) is 2.08. The quantitative estimate of drug-likeness (QED) is 0.495. The zero-order valence-electron chi connectivity index (χ0n) is 7.34. The molecule has 0 aromatic heterocycles. The Morgan fingerprint density at radius 3 is 2.25 bits per heavy atom. The van der Waals surface area contributed by atoms with Gasteiger partial charge in [0, 0.05) is 11.8 Å². The van der Waals surface area contributed by atoms with Gasteiger partial charge >= 0.3 is 0 Å². The molecule has 3 N–H and O–H groups in total. The lowest BCUT2D eigenvalue weighted by molar-refractivity contribution is -0.248. The van der Waals surface area contributed by atoms with E-state index in [2.05, 4.69) is 0 Å². The zero-order chi connectivity index (χ0) is 9.30. The number of ether oxygens (including phenoxy) is 1. The van der Waals surface area contributed by atoms with Gasteiger partial charge in [0.05, 0.1) is 18.8 Å². The molecule has 0 aromatic carbocycles. The third-order valence-electron chi connectivity index (χ3n) is 2.61. The molecule has 12 heavy (non-hydrogen) atoms. The summed E-state index contributed by atoms with van der Waals surface area (Å²) in [7, 11) is 0. The molecule has 5 atom stereocenters. The number of aliphatic hydroxyl groups is 3. The molecule has 0 aliphatic carbocycles. The molecule has 1 heterocycles. The van der Waals surface area contributed by atoms with Crippen molar-refractivity contribution >= 4 is 0 Å². The molecular formula is C8H16O4. The first-order chi connectivity index (χ1) is 5.57. The molecule has 5 unspecified atom stereocenters. The van der Waals surface area contributed by atoms with Crippen molar-refractivity contribution in [1.29, 1.82) is 0 Å². The molecule has 1 aliphatic rings. The van der Waals surface area contributed by atoms with E-state index < -0.39 is 18.5 Å². The molecule has 0 spiro atoms. The van der Waals surface area contributed by atoms with Gasteiger partial charge in [-0.2, -0.15) is 0 Å². The SMILES string of the molecule is CC1C(O)OC(CO)C(C)C1O. The third-order valence-corrected chi connectivity index (χ3v) is 2.61. The predicted molar refractivity (Wildman–Crippen MR) is 42.3 cm³/mol. The first kappa shape index (κ1) is 9.92. The minimum atomic E-state index is -0.964. The van der Waals surface area contributed by atoms with E-state index in [0.717, 1.165) is 0 Å². The van der Waals surface area contributed by atoms with Gasteiger partial charge < -0.3 is 20.1 Å². The van der Waals surface area contributed by atoms with Crippen molar-refractivity contribution in [2.75, 3.05) is 6.61 Å². The van der Waals surface area contributed by atoms with Crippen LogP contribution in [0.5, 0.6) is 0 Å². The number of aliphatic hydroxyl groups excluding tert-OH is 3. The second-order valence-corrected chi connectivity index (χ2v) is 3.46. The lowest BCUT2D eigenvalue weighted by Gasteiger charge is -2.39. The summed E-state index contributed by atoms with van der Waals surface area (Å²) in [5.41, 5.74) is 0. The van der Waals surface area contributed by atoms with Crippen LogP contribution in [-0.2, 0) is 4.74 Å². The summed E-state index contributed by atoms with van der Waals surface area (Å²) in [6.45, 7) is 3.36. The van der Waals surface area contributed by atoms with Gasteiger partial charge in [0.1, 0.15) is 0 Å². The second kappa shape index (κ2) is 3.70. The fourth-order valence-corrected chi connectivity index (χ4v) is 1.50. The lowest BCUT2D eigenvalue weighted by Crippen LogP contribution is -2.50. The van der Waals surface area contributed by atoms with Crippen LogP contribution in [0.1, 0.15) is 13.8 Å². The maximum absolute atomic E-state index is 9.57. The highest BCUT2D eigenvalue weighted by Gasteiger charge is 2.39. The highest BCUT2D eigenvalue weighted by Crippen LogP contribution is 2.28. The maximum atomic E-state index is 9.57. The fourth-order valence-electron chi connectivity index (χ4n) is 1.50. The van der Waals surface area contributed by atoms with Gasteiger partial charge in [0.15, 0.2) is 6.29 Å². The van der Waals surface area contributed by atoms with Gasteiger partial charge in [0.2, 0.25) is 0 Å². The number of hydrogen-bond donors (Lipinski definition) is 3. The van der Waals surface area contributed by atoms with E-state index in [4.69, 9.17) is 9.84 Å². The first-order valence-electron chi connectivity index (χ1n) is 4.20. The Labute approximate surface area is 71.8 Å². The third kappa shape index (κ3) is 1.61. The van der Waals surface area contributed by atoms with E-state index in [1.54, 1.807) is 13.8 Å². The monoisotopic (exact) mass is 176 g/mol. The molecule has 0 saturated carbocycles. The molecule has 0 radical (unpaired) electrons. The minimum Gasteiger partial charge on any atom is -0.394 e. The van der Waals surface area contributed by atoms with Crippen molar-refractivity contribution < 1.29 is 20.1 Å². The highest BCUT2D eigenvalue weighted by molar-refractivity contribution is 4.83. The Morgan fingerprint density at radius 2 is 1.75 bits per heavy atom. The van der Waals surface area contributed by atoms with Gasteiger partial charge in [-0.15, -0.1) is 0 Å². The van der Waals surface area contributed by atoms with E-state index in [-0.39, 0.29) is 18.4 Å². The van der Waals surface area contributed by atoms with Crippen LogP contribution in [0.2, 0.25) is 0 Å². The molecule has 1 fully saturated rings. The van der Waals surface area contributed by atoms with E-state index in [0.29, 0.717) is 0 Å². The molecular weight excluding hydrogens is 160 g/mol. The molecule has 4 heteroatoms. The van der Waals surface area contributed by atoms with Crippen LogP contribution >= 0.6 is 0 Å². The minimum absolute atomic E-state index is 0.131. The van der Waals surface area contributed by atoms with Crippen LogP contribution < -0.4 is 0 Å². The Kier molecular flexibility index (Phi) is 3.06. The number of rotatable bonds is 1. The van der Waals surface area contributed by atoms with Crippen molar-refractivity contribution in [3.63, 3.8) is 0 Å². The summed E-state index contributed by atoms with van der Waals surface area (Å²) in [5.74, 6) is -0.420. The molecule has 72 valence electrons. The standard InChI is InChI=1S/C8H16O4/c1-4-6(3-9)12-8(11)5(2)7(4)10/h4-11H,3H2,1-2H3. The van der Waals surface area contributed by atoms with E-state index >= 15 is 0 Å². The summed E-state index contributed by atoms with van der Waals surface area (Å²) in [4.78, 5) is 0. The molecule has 0 aromatic rings. The molecule has 0 amide bonds. The summed E-state index contributed by atoms with van der Waals surface area (Å²) >= 11 is 0. The fraction of sp³-hybridized carbons (Fsp3) is 1.00. The Bertz CT molecular complexity index is 145. The second-order valence-electron chi connectivity index (χ2n) is 3.46. The Hall–Kier alpha value is -0.160. The predicted octanol–water partition coefficient (Wildman–Crippen LogP) is -0.671. The zero-order valence-corrected chi connectivity index (χ0v) is 7.34. The van der Waals surface area contributed by atoms with E-state index in [1.165, 1.54) is 0 Å². The van der Waals surface area contributed by atoms with Crippen LogP contribution in [0, 0.1) is 11.8 Å². The summed E-state index contributed by atoms with van der Waals surface area (Å²) < 4.78 is 5.08. The average molecular weight is 176 g/mol. The van der Waals surface area contributed by atoms with Crippen molar-refractivity contribution in [1.82, 2.24) is 0 Å². The van der Waals surface area contributed by atoms with Crippen molar-refractivity contribution in [2.45, 2.75) is 32.3 Å². The number of hydrogen-bond acceptors (Lipinski definition) is 4. The topological polar surface area (TPSA) is 69.9 Å². The summed E-state index contributed by atoms with van der Waals surface area (Å²) in [5, 5.41) is 27.7. The van der Waals surface area contributed by atoms with Crippen LogP contribution in [0.3, 0.4) is 0 Å². The molecule has 4 nitrogen and oxygen atoms in total. The largest absolute Gasteiger partial charge is 0.394 e. The molecule has 0 bridgehead atoms. The van der Waals surface area contributed by atoms with Gasteiger partial charge in [0.25, 0.3) is 0 Å². The molecule has 1 saturated heterocycles. The smallest absolute Gasteiger partial charge is 0.160 e. The Balaban J connectivity index is 2.63.